The number of benzene rings is 1. The average Bonchev–Trinajstić information content (AvgIpc) is 3.14. The van der Waals surface area contributed by atoms with Crippen LogP contribution in [0.15, 0.2) is 36.5 Å². The summed E-state index contributed by atoms with van der Waals surface area (Å²) in [5, 5.41) is 11.7. The number of rotatable bonds is 6. The molecular formula is C18H24N8O2S. The van der Waals surface area contributed by atoms with Crippen molar-refractivity contribution in [2.24, 2.45) is 0 Å². The molecule has 1 aromatic carbocycles. The van der Waals surface area contributed by atoms with Crippen molar-refractivity contribution in [2.45, 2.75) is 37.8 Å². The molecule has 0 amide bonds. The molecule has 1 aliphatic carbocycles. The van der Waals surface area contributed by atoms with Crippen LogP contribution in [0, 0.1) is 0 Å². The summed E-state index contributed by atoms with van der Waals surface area (Å²) >= 11 is 0. The minimum absolute atomic E-state index is 0.0470. The maximum Gasteiger partial charge on any atom is 0.279 e. The maximum absolute atomic E-state index is 12.0. The summed E-state index contributed by atoms with van der Waals surface area (Å²) in [6, 6.07) is 9.64. The lowest BCUT2D eigenvalue weighted by Crippen LogP contribution is -2.44. The molecule has 154 valence electrons. The molecule has 2 N–H and O–H groups in total. The second-order valence-electron chi connectivity index (χ2n) is 7.33. The van der Waals surface area contributed by atoms with Gasteiger partial charge >= 0.3 is 0 Å². The average molecular weight is 417 g/mol. The lowest BCUT2D eigenvalue weighted by Gasteiger charge is -2.30. The van der Waals surface area contributed by atoms with Crippen molar-refractivity contribution in [3.05, 3.63) is 36.5 Å². The first-order chi connectivity index (χ1) is 13.9. The highest BCUT2D eigenvalue weighted by Gasteiger charge is 2.26. The number of hydrogen-bond acceptors (Lipinski definition) is 7. The molecule has 0 atom stereocenters. The standard InChI is InChI=1S/C18H24N8O2S/c1-25(2)29(27,28)23-14-9-7-13(8-10-14)20-18-19-12-11-17(21-18)26-16-6-4-3-5-15(16)22-24-26/h3-6,11-14,23H,7-10H2,1-2H3,(H,19,20,21)/t13-,14-. The fraction of sp³-hybridized carbons (Fsp3) is 0.444. The number of fused-ring (bicyclic) bond motifs is 1. The van der Waals surface area contributed by atoms with Gasteiger partial charge in [0.2, 0.25) is 5.95 Å². The Labute approximate surface area is 169 Å². The van der Waals surface area contributed by atoms with Gasteiger partial charge < -0.3 is 5.32 Å². The van der Waals surface area contributed by atoms with Crippen molar-refractivity contribution in [1.29, 1.82) is 0 Å². The van der Waals surface area contributed by atoms with Gasteiger partial charge in [0.25, 0.3) is 10.2 Å². The first kappa shape index (κ1) is 19.7. The summed E-state index contributed by atoms with van der Waals surface area (Å²) < 4.78 is 29.6. The third-order valence-electron chi connectivity index (χ3n) is 5.07. The van der Waals surface area contributed by atoms with Crippen molar-refractivity contribution in [3.63, 3.8) is 0 Å². The zero-order chi connectivity index (χ0) is 20.4. The van der Waals surface area contributed by atoms with Gasteiger partial charge in [-0.3, -0.25) is 0 Å². The Kier molecular flexibility index (Phi) is 5.43. The first-order valence-electron chi connectivity index (χ1n) is 9.52. The highest BCUT2D eigenvalue weighted by atomic mass is 32.2. The molecule has 0 bridgehead atoms. The minimum Gasteiger partial charge on any atom is -0.351 e. The van der Waals surface area contributed by atoms with Gasteiger partial charge in [0, 0.05) is 38.4 Å². The zero-order valence-electron chi connectivity index (χ0n) is 16.4. The van der Waals surface area contributed by atoms with E-state index in [1.807, 2.05) is 24.3 Å². The van der Waals surface area contributed by atoms with Crippen molar-refractivity contribution in [1.82, 2.24) is 34.0 Å². The van der Waals surface area contributed by atoms with Gasteiger partial charge in [-0.25, -0.2) is 4.98 Å². The Balaban J connectivity index is 1.41. The van der Waals surface area contributed by atoms with Gasteiger partial charge in [-0.2, -0.15) is 27.1 Å². The molecule has 0 aliphatic heterocycles. The number of aromatic nitrogens is 5. The molecule has 1 fully saturated rings. The molecule has 0 spiro atoms. The molecule has 29 heavy (non-hydrogen) atoms. The Morgan fingerprint density at radius 3 is 2.55 bits per heavy atom. The van der Waals surface area contributed by atoms with E-state index in [1.54, 1.807) is 16.9 Å². The Morgan fingerprint density at radius 2 is 1.79 bits per heavy atom. The number of anilines is 1. The van der Waals surface area contributed by atoms with Gasteiger partial charge in [-0.1, -0.05) is 17.3 Å². The highest BCUT2D eigenvalue weighted by Crippen LogP contribution is 2.22. The van der Waals surface area contributed by atoms with Crippen molar-refractivity contribution >= 4 is 27.2 Å². The topological polar surface area (TPSA) is 118 Å². The predicted molar refractivity (Wildman–Crippen MR) is 110 cm³/mol. The number of hydrogen-bond donors (Lipinski definition) is 2. The summed E-state index contributed by atoms with van der Waals surface area (Å²) in [6.45, 7) is 0. The first-order valence-corrected chi connectivity index (χ1v) is 11.0. The Hall–Kier alpha value is -2.63. The molecule has 0 radical (unpaired) electrons. The number of nitrogens with one attached hydrogen (secondary N) is 2. The fourth-order valence-corrected chi connectivity index (χ4v) is 4.30. The van der Waals surface area contributed by atoms with Crippen LogP contribution in [0.2, 0.25) is 0 Å². The molecule has 1 aliphatic rings. The van der Waals surface area contributed by atoms with Crippen LogP contribution in [0.25, 0.3) is 16.9 Å². The van der Waals surface area contributed by atoms with Gasteiger partial charge in [0.1, 0.15) is 5.52 Å². The molecule has 4 rings (SSSR count). The van der Waals surface area contributed by atoms with E-state index in [9.17, 15) is 8.42 Å². The zero-order valence-corrected chi connectivity index (χ0v) is 17.2. The molecule has 0 unspecified atom stereocenters. The normalized spacial score (nSPS) is 20.2. The quantitative estimate of drug-likeness (QED) is 0.622. The largest absolute Gasteiger partial charge is 0.351 e. The lowest BCUT2D eigenvalue weighted by molar-refractivity contribution is 0.378. The Bertz CT molecular complexity index is 1090. The molecule has 2 heterocycles. The van der Waals surface area contributed by atoms with E-state index in [2.05, 4.69) is 30.3 Å². The summed E-state index contributed by atoms with van der Waals surface area (Å²) in [6.07, 6.45) is 4.88. The van der Waals surface area contributed by atoms with Crippen LogP contribution >= 0.6 is 0 Å². The Morgan fingerprint density at radius 1 is 1.07 bits per heavy atom. The van der Waals surface area contributed by atoms with Crippen LogP contribution in [-0.4, -0.2) is 63.9 Å². The van der Waals surface area contributed by atoms with Crippen LogP contribution in [0.4, 0.5) is 5.95 Å². The molecule has 0 saturated heterocycles. The van der Waals surface area contributed by atoms with Gasteiger partial charge in [0.05, 0.1) is 5.52 Å². The minimum atomic E-state index is -3.40. The summed E-state index contributed by atoms with van der Waals surface area (Å²) in [4.78, 5) is 8.90. The van der Waals surface area contributed by atoms with Crippen molar-refractivity contribution in [3.8, 4) is 5.82 Å². The monoisotopic (exact) mass is 416 g/mol. The van der Waals surface area contributed by atoms with Crippen LogP contribution in [0.5, 0.6) is 0 Å². The number of para-hydroxylation sites is 1. The van der Waals surface area contributed by atoms with Crippen LogP contribution in [0.3, 0.4) is 0 Å². The lowest BCUT2D eigenvalue weighted by atomic mass is 9.92. The van der Waals surface area contributed by atoms with Gasteiger partial charge in [-0.15, -0.1) is 5.10 Å². The van der Waals surface area contributed by atoms with E-state index in [0.29, 0.717) is 11.8 Å². The van der Waals surface area contributed by atoms with Crippen molar-refractivity contribution < 1.29 is 8.42 Å². The van der Waals surface area contributed by atoms with E-state index >= 15 is 0 Å². The van der Waals surface area contributed by atoms with E-state index in [0.717, 1.165) is 36.7 Å². The predicted octanol–water partition coefficient (Wildman–Crippen LogP) is 1.33. The third-order valence-corrected chi connectivity index (χ3v) is 6.66. The summed E-state index contributed by atoms with van der Waals surface area (Å²) in [5.41, 5.74) is 1.69. The second-order valence-corrected chi connectivity index (χ2v) is 9.24. The van der Waals surface area contributed by atoms with Crippen LogP contribution < -0.4 is 10.0 Å². The van der Waals surface area contributed by atoms with Crippen molar-refractivity contribution in [2.75, 3.05) is 19.4 Å². The molecular weight excluding hydrogens is 392 g/mol. The molecule has 3 aromatic rings. The highest BCUT2D eigenvalue weighted by molar-refractivity contribution is 7.87. The van der Waals surface area contributed by atoms with E-state index in [4.69, 9.17) is 0 Å². The molecule has 2 aromatic heterocycles. The molecule has 11 heteroatoms. The van der Waals surface area contributed by atoms with Gasteiger partial charge in [0.15, 0.2) is 5.82 Å². The fourth-order valence-electron chi connectivity index (χ4n) is 3.43. The van der Waals surface area contributed by atoms with Crippen LogP contribution in [0.1, 0.15) is 25.7 Å². The second kappa shape index (κ2) is 8.01. The maximum atomic E-state index is 12.0. The van der Waals surface area contributed by atoms with E-state index in [-0.39, 0.29) is 12.1 Å². The SMILES string of the molecule is CN(C)S(=O)(=O)N[C@H]1CC[C@H](Nc2nccc(-n3nnc4ccccc43)n2)CC1. The molecule has 1 saturated carbocycles. The summed E-state index contributed by atoms with van der Waals surface area (Å²) in [5.74, 6) is 1.17. The molecule has 10 nitrogen and oxygen atoms in total. The van der Waals surface area contributed by atoms with E-state index < -0.39 is 10.2 Å². The van der Waals surface area contributed by atoms with Gasteiger partial charge in [-0.05, 0) is 37.8 Å². The smallest absolute Gasteiger partial charge is 0.279 e. The summed E-state index contributed by atoms with van der Waals surface area (Å²) in [7, 11) is -0.348. The third kappa shape index (κ3) is 4.36. The number of nitrogens with zero attached hydrogens (tertiary/aromatic N) is 6. The van der Waals surface area contributed by atoms with Crippen LogP contribution in [-0.2, 0) is 10.2 Å². The van der Waals surface area contributed by atoms with E-state index in [1.165, 1.54) is 18.4 Å².